The molecule has 17 heavy (non-hydrogen) atoms. The van der Waals surface area contributed by atoms with Crippen LogP contribution in [0, 0.1) is 11.3 Å². The van der Waals surface area contributed by atoms with Gasteiger partial charge in [-0.3, -0.25) is 8.78 Å². The third-order valence-electron chi connectivity index (χ3n) is 4.14. The smallest absolute Gasteiger partial charge is 0.0977 e. The van der Waals surface area contributed by atoms with Crippen molar-refractivity contribution >= 4 is 0 Å². The maximum absolute atomic E-state index is 12.9. The average molecular weight is 247 g/mol. The van der Waals surface area contributed by atoms with Crippen LogP contribution < -0.4 is 5.32 Å². The van der Waals surface area contributed by atoms with E-state index in [-0.39, 0.29) is 11.6 Å². The van der Waals surface area contributed by atoms with Gasteiger partial charge in [0.15, 0.2) is 0 Å². The van der Waals surface area contributed by atoms with Gasteiger partial charge in [0.25, 0.3) is 0 Å². The summed E-state index contributed by atoms with van der Waals surface area (Å²) in [7, 11) is 0. The van der Waals surface area contributed by atoms with E-state index in [1.165, 1.54) is 0 Å². The highest BCUT2D eigenvalue weighted by Gasteiger charge is 2.60. The Bertz CT molecular complexity index is 258. The molecule has 1 atom stereocenters. The van der Waals surface area contributed by atoms with Gasteiger partial charge in [-0.2, -0.15) is 0 Å². The number of ether oxygens (including phenoxy) is 1. The lowest BCUT2D eigenvalue weighted by Gasteiger charge is -2.59. The van der Waals surface area contributed by atoms with Gasteiger partial charge in [0.05, 0.1) is 25.6 Å². The standard InChI is InChI=1S/C13H23F2NO/c1-10(2)5-11-13(17-4-3-16-11)6-12(7-13,8-14)9-15/h10-11,16H,3-9H2,1-2H3. The molecule has 2 nitrogen and oxygen atoms in total. The first-order chi connectivity index (χ1) is 8.06. The van der Waals surface area contributed by atoms with Crippen molar-refractivity contribution in [3.63, 3.8) is 0 Å². The first-order valence-corrected chi connectivity index (χ1v) is 6.55. The quantitative estimate of drug-likeness (QED) is 0.824. The normalized spacial score (nSPS) is 30.5. The summed E-state index contributed by atoms with van der Waals surface area (Å²) in [5.41, 5.74) is -1.06. The van der Waals surface area contributed by atoms with Gasteiger partial charge in [0.2, 0.25) is 0 Å². The van der Waals surface area contributed by atoms with Gasteiger partial charge in [-0.15, -0.1) is 0 Å². The molecule has 0 aromatic heterocycles. The third-order valence-corrected chi connectivity index (χ3v) is 4.14. The summed E-state index contributed by atoms with van der Waals surface area (Å²) >= 11 is 0. The number of morpholine rings is 1. The lowest BCUT2D eigenvalue weighted by atomic mass is 9.56. The average Bonchev–Trinajstić information content (AvgIpc) is 2.26. The van der Waals surface area contributed by atoms with Crippen LogP contribution in [-0.4, -0.2) is 38.1 Å². The minimum absolute atomic E-state index is 0.252. The van der Waals surface area contributed by atoms with E-state index < -0.39 is 18.8 Å². The third kappa shape index (κ3) is 2.34. The Morgan fingerprint density at radius 2 is 1.94 bits per heavy atom. The highest BCUT2D eigenvalue weighted by atomic mass is 19.1. The van der Waals surface area contributed by atoms with E-state index in [0.717, 1.165) is 13.0 Å². The van der Waals surface area contributed by atoms with Crippen LogP contribution in [0.4, 0.5) is 8.78 Å². The van der Waals surface area contributed by atoms with E-state index in [0.29, 0.717) is 25.4 Å². The number of nitrogens with one attached hydrogen (secondary N) is 1. The summed E-state index contributed by atoms with van der Waals surface area (Å²) in [6, 6.07) is 0.252. The van der Waals surface area contributed by atoms with Crippen molar-refractivity contribution in [2.75, 3.05) is 26.5 Å². The second-order valence-electron chi connectivity index (χ2n) is 6.17. The van der Waals surface area contributed by atoms with E-state index in [1.54, 1.807) is 0 Å². The predicted molar refractivity (Wildman–Crippen MR) is 63.5 cm³/mol. The molecule has 2 aliphatic rings. The van der Waals surface area contributed by atoms with E-state index in [1.807, 2.05) is 0 Å². The number of rotatable bonds is 4. The summed E-state index contributed by atoms with van der Waals surface area (Å²) in [5, 5.41) is 3.46. The predicted octanol–water partition coefficient (Wildman–Crippen LogP) is 2.48. The van der Waals surface area contributed by atoms with Gasteiger partial charge >= 0.3 is 0 Å². The molecule has 100 valence electrons. The van der Waals surface area contributed by atoms with Crippen LogP contribution in [0.1, 0.15) is 33.1 Å². The van der Waals surface area contributed by atoms with Crippen LogP contribution in [0.5, 0.6) is 0 Å². The zero-order chi connectivity index (χ0) is 12.5. The molecule has 1 unspecified atom stereocenters. The monoisotopic (exact) mass is 247 g/mol. The van der Waals surface area contributed by atoms with Crippen molar-refractivity contribution in [2.45, 2.75) is 44.8 Å². The molecule has 1 saturated heterocycles. The van der Waals surface area contributed by atoms with Gasteiger partial charge in [-0.05, 0) is 25.2 Å². The van der Waals surface area contributed by atoms with Crippen LogP contribution in [0.2, 0.25) is 0 Å². The van der Waals surface area contributed by atoms with Gasteiger partial charge in [0.1, 0.15) is 0 Å². The number of hydrogen-bond acceptors (Lipinski definition) is 2. The van der Waals surface area contributed by atoms with Crippen LogP contribution >= 0.6 is 0 Å². The molecule has 0 amide bonds. The molecule has 0 aromatic rings. The maximum Gasteiger partial charge on any atom is 0.0977 e. The van der Waals surface area contributed by atoms with Gasteiger partial charge in [-0.1, -0.05) is 13.8 Å². The Kier molecular flexibility index (Phi) is 3.74. The molecule has 0 aromatic carbocycles. The van der Waals surface area contributed by atoms with Crippen molar-refractivity contribution in [3.8, 4) is 0 Å². The van der Waals surface area contributed by atoms with Crippen LogP contribution in [-0.2, 0) is 4.74 Å². The summed E-state index contributed by atoms with van der Waals surface area (Å²) in [6.45, 7) is 4.70. The zero-order valence-corrected chi connectivity index (χ0v) is 10.8. The Balaban J connectivity index is 2.03. The molecule has 4 heteroatoms. The van der Waals surface area contributed by atoms with Gasteiger partial charge in [-0.25, -0.2) is 0 Å². The van der Waals surface area contributed by atoms with Crippen molar-refractivity contribution < 1.29 is 13.5 Å². The minimum atomic E-state index is -0.756. The Labute approximate surface area is 102 Å². The molecule has 1 saturated carbocycles. The Morgan fingerprint density at radius 1 is 1.29 bits per heavy atom. The van der Waals surface area contributed by atoms with Gasteiger partial charge in [0, 0.05) is 18.0 Å². The SMILES string of the molecule is CC(C)CC1NCCOC12CC(CF)(CF)C2. The van der Waals surface area contributed by atoms with Crippen LogP contribution in [0.25, 0.3) is 0 Å². The molecule has 2 rings (SSSR count). The molecule has 1 heterocycles. The van der Waals surface area contributed by atoms with Crippen molar-refractivity contribution in [3.05, 3.63) is 0 Å². The van der Waals surface area contributed by atoms with Crippen LogP contribution in [0.3, 0.4) is 0 Å². The fraction of sp³-hybridized carbons (Fsp3) is 1.00. The summed E-state index contributed by atoms with van der Waals surface area (Å²) in [5.74, 6) is 0.567. The lowest BCUT2D eigenvalue weighted by molar-refractivity contribution is -0.213. The number of hydrogen-bond donors (Lipinski definition) is 1. The number of alkyl halides is 2. The molecule has 2 fully saturated rings. The fourth-order valence-electron chi connectivity index (χ4n) is 3.33. The highest BCUT2D eigenvalue weighted by Crippen LogP contribution is 2.54. The Hall–Kier alpha value is -0.220. The zero-order valence-electron chi connectivity index (χ0n) is 10.8. The minimum Gasteiger partial charge on any atom is -0.372 e. The molecule has 1 aliphatic heterocycles. The largest absolute Gasteiger partial charge is 0.372 e. The fourth-order valence-corrected chi connectivity index (χ4v) is 3.33. The van der Waals surface area contributed by atoms with Crippen molar-refractivity contribution in [1.29, 1.82) is 0 Å². The summed E-state index contributed by atoms with van der Waals surface area (Å²) < 4.78 is 31.7. The second-order valence-corrected chi connectivity index (χ2v) is 6.17. The molecule has 1 aliphatic carbocycles. The van der Waals surface area contributed by atoms with E-state index >= 15 is 0 Å². The van der Waals surface area contributed by atoms with Crippen molar-refractivity contribution in [1.82, 2.24) is 5.32 Å². The van der Waals surface area contributed by atoms with E-state index in [2.05, 4.69) is 19.2 Å². The first-order valence-electron chi connectivity index (χ1n) is 6.55. The van der Waals surface area contributed by atoms with E-state index in [4.69, 9.17) is 4.74 Å². The van der Waals surface area contributed by atoms with Crippen LogP contribution in [0.15, 0.2) is 0 Å². The van der Waals surface area contributed by atoms with E-state index in [9.17, 15) is 8.78 Å². The van der Waals surface area contributed by atoms with Crippen molar-refractivity contribution in [2.24, 2.45) is 11.3 Å². The Morgan fingerprint density at radius 3 is 2.47 bits per heavy atom. The topological polar surface area (TPSA) is 21.3 Å². The molecule has 1 N–H and O–H groups in total. The second kappa shape index (κ2) is 4.81. The maximum atomic E-state index is 12.9. The molecule has 0 bridgehead atoms. The molecule has 0 radical (unpaired) electrons. The summed E-state index contributed by atoms with van der Waals surface area (Å²) in [4.78, 5) is 0. The number of halogens is 2. The molecule has 1 spiro atoms. The summed E-state index contributed by atoms with van der Waals surface area (Å²) in [6.07, 6.45) is 2.06. The lowest BCUT2D eigenvalue weighted by Crippen LogP contribution is -2.68. The highest BCUT2D eigenvalue weighted by molar-refractivity contribution is 5.12. The first kappa shape index (κ1) is 13.2. The van der Waals surface area contributed by atoms with Gasteiger partial charge < -0.3 is 10.1 Å². The molecular weight excluding hydrogens is 224 g/mol. The molecular formula is C13H23F2NO.